The van der Waals surface area contributed by atoms with Crippen LogP contribution >= 0.6 is 0 Å². The quantitative estimate of drug-likeness (QED) is 0.0407. The van der Waals surface area contributed by atoms with Crippen molar-refractivity contribution in [2.45, 2.75) is 12.8 Å². The Morgan fingerprint density at radius 3 is 0.853 bits per heavy atom. The van der Waals surface area contributed by atoms with Crippen molar-refractivity contribution in [2.24, 2.45) is 11.8 Å². The molecule has 2 unspecified atom stereocenters. The smallest absolute Gasteiger partial charge is 0.497 e. The van der Waals surface area contributed by atoms with Gasteiger partial charge in [0.1, 0.15) is 23.0 Å². The topological polar surface area (TPSA) is 284 Å². The summed E-state index contributed by atoms with van der Waals surface area (Å²) in [5.74, 6) is -5.29. The highest BCUT2D eigenvalue weighted by molar-refractivity contribution is 5.91. The van der Waals surface area contributed by atoms with Crippen LogP contribution in [0.2, 0.25) is 0 Å². The van der Waals surface area contributed by atoms with Crippen LogP contribution in [0.5, 0.6) is 23.0 Å². The van der Waals surface area contributed by atoms with E-state index < -0.39 is 86.8 Å². The molecule has 0 aromatic heterocycles. The maximum Gasteiger partial charge on any atom is 0.549 e. The average molecular weight is 955 g/mol. The first-order valence-corrected chi connectivity index (χ1v) is 19.6. The lowest BCUT2D eigenvalue weighted by Gasteiger charge is -2.25. The minimum Gasteiger partial charge on any atom is -0.497 e. The van der Waals surface area contributed by atoms with Gasteiger partial charge in [-0.2, -0.15) is 19.2 Å². The van der Waals surface area contributed by atoms with Crippen molar-refractivity contribution in [3.63, 3.8) is 0 Å². The van der Waals surface area contributed by atoms with Gasteiger partial charge in [-0.1, -0.05) is 24.3 Å². The van der Waals surface area contributed by atoms with E-state index in [4.69, 9.17) is 37.9 Å². The molecule has 24 heteroatoms. The summed E-state index contributed by atoms with van der Waals surface area (Å²) in [6.07, 6.45) is -6.64. The summed E-state index contributed by atoms with van der Waals surface area (Å²) in [7, 11) is 5.46. The molecule has 24 nitrogen and oxygen atoms in total. The zero-order chi connectivity index (χ0) is 49.3. The van der Waals surface area contributed by atoms with Crippen molar-refractivity contribution in [2.75, 3.05) is 54.9 Å². The molecule has 0 aliphatic rings. The van der Waals surface area contributed by atoms with Crippen molar-refractivity contribution < 1.29 is 115 Å². The molecule has 0 saturated heterocycles. The van der Waals surface area contributed by atoms with Gasteiger partial charge in [0.15, 0.2) is 0 Å². The van der Waals surface area contributed by atoms with Crippen molar-refractivity contribution in [1.29, 1.82) is 0 Å². The second kappa shape index (κ2) is 27.4. The average Bonchev–Trinajstić information content (AvgIpc) is 3.37. The van der Waals surface area contributed by atoms with Crippen LogP contribution in [-0.4, -0.2) is 103 Å². The SMILES string of the molecule is COc1cccc(C(=O)OOC(=O)OCCC(COC(=O)OOC(=O)c2cccc(OC)c2)C(CCOC(=O)OOC(=O)c2cccc(OC)c2)COC(=O)OOC(=O)c2cccc(OC)c2)c1. The first kappa shape index (κ1) is 51.7. The van der Waals surface area contributed by atoms with E-state index in [2.05, 4.69) is 39.1 Å². The lowest BCUT2D eigenvalue weighted by molar-refractivity contribution is -0.208. The summed E-state index contributed by atoms with van der Waals surface area (Å²) >= 11 is 0. The first-order valence-electron chi connectivity index (χ1n) is 19.6. The predicted octanol–water partition coefficient (Wildman–Crippen LogP) is 6.73. The third-order valence-electron chi connectivity index (χ3n) is 8.88. The molecule has 4 aromatic carbocycles. The molecule has 4 aromatic rings. The third kappa shape index (κ3) is 17.5. The highest BCUT2D eigenvalue weighted by atomic mass is 17.3. The number of benzene rings is 4. The summed E-state index contributed by atoms with van der Waals surface area (Å²) in [6, 6.07) is 22.8. The second-order valence-corrected chi connectivity index (χ2v) is 13.2. The van der Waals surface area contributed by atoms with Crippen LogP contribution in [0.25, 0.3) is 0 Å². The Morgan fingerprint density at radius 2 is 0.603 bits per heavy atom. The molecule has 0 spiro atoms. The Bertz CT molecular complexity index is 2200. The Kier molecular flexibility index (Phi) is 20.8. The van der Waals surface area contributed by atoms with E-state index in [9.17, 15) is 38.4 Å². The molecule has 4 rings (SSSR count). The molecule has 0 fully saturated rings. The van der Waals surface area contributed by atoms with E-state index in [1.807, 2.05) is 0 Å². The summed E-state index contributed by atoms with van der Waals surface area (Å²) in [5, 5.41) is 0. The number of carbonyl (C=O) groups excluding carboxylic acids is 8. The van der Waals surface area contributed by atoms with E-state index in [1.165, 1.54) is 101 Å². The van der Waals surface area contributed by atoms with Gasteiger partial charge in [0.2, 0.25) is 0 Å². The second-order valence-electron chi connectivity index (χ2n) is 13.2. The molecule has 0 heterocycles. The third-order valence-corrected chi connectivity index (χ3v) is 8.88. The Morgan fingerprint density at radius 1 is 0.353 bits per heavy atom. The van der Waals surface area contributed by atoms with Crippen LogP contribution in [0.4, 0.5) is 19.2 Å². The molecular formula is C44H42O24. The fraction of sp³-hybridized carbons (Fsp3) is 0.273. The van der Waals surface area contributed by atoms with Crippen molar-refractivity contribution in [1.82, 2.24) is 0 Å². The summed E-state index contributed by atoms with van der Waals surface area (Å²) in [5.41, 5.74) is -0.179. The highest BCUT2D eigenvalue weighted by Crippen LogP contribution is 2.24. The number of ether oxygens (including phenoxy) is 8. The van der Waals surface area contributed by atoms with Gasteiger partial charge in [-0.05, 0) is 85.6 Å². The Balaban J connectivity index is 1.44. The van der Waals surface area contributed by atoms with E-state index in [-0.39, 0.29) is 35.1 Å². The van der Waals surface area contributed by atoms with Crippen molar-refractivity contribution in [3.05, 3.63) is 119 Å². The van der Waals surface area contributed by atoms with Crippen LogP contribution in [0.3, 0.4) is 0 Å². The van der Waals surface area contributed by atoms with Crippen LogP contribution in [0, 0.1) is 11.8 Å². The molecule has 2 atom stereocenters. The zero-order valence-electron chi connectivity index (χ0n) is 36.4. The van der Waals surface area contributed by atoms with Crippen molar-refractivity contribution in [3.8, 4) is 23.0 Å². The summed E-state index contributed by atoms with van der Waals surface area (Å²) in [4.78, 5) is 136. The molecule has 0 N–H and O–H groups in total. The molecule has 362 valence electrons. The predicted molar refractivity (Wildman–Crippen MR) is 220 cm³/mol. The van der Waals surface area contributed by atoms with Gasteiger partial charge in [-0.25, -0.2) is 58.3 Å². The van der Waals surface area contributed by atoms with Crippen LogP contribution in [0.15, 0.2) is 97.1 Å². The van der Waals surface area contributed by atoms with Gasteiger partial charge in [0.05, 0.1) is 77.1 Å². The normalized spacial score (nSPS) is 11.1. The number of methoxy groups -OCH3 is 4. The molecule has 0 saturated carbocycles. The monoisotopic (exact) mass is 954 g/mol. The number of hydrogen-bond acceptors (Lipinski definition) is 24. The lowest BCUT2D eigenvalue weighted by Crippen LogP contribution is -2.30. The van der Waals surface area contributed by atoms with Gasteiger partial charge >= 0.3 is 48.5 Å². The van der Waals surface area contributed by atoms with Gasteiger partial charge in [-0.15, -0.1) is 0 Å². The van der Waals surface area contributed by atoms with Crippen molar-refractivity contribution >= 4 is 48.5 Å². The number of carbonyl (C=O) groups is 8. The largest absolute Gasteiger partial charge is 0.549 e. The molecule has 0 bridgehead atoms. The summed E-state index contributed by atoms with van der Waals surface area (Å²) in [6.45, 7) is -2.47. The number of hydrogen-bond donors (Lipinski definition) is 0. The molecule has 0 aliphatic carbocycles. The maximum atomic E-state index is 12.7. The Labute approximate surface area is 385 Å². The molecule has 0 radical (unpaired) electrons. The maximum absolute atomic E-state index is 12.7. The fourth-order valence-corrected chi connectivity index (χ4v) is 5.42. The van der Waals surface area contributed by atoms with E-state index in [0.29, 0.717) is 23.0 Å². The van der Waals surface area contributed by atoms with Crippen LogP contribution in [-0.2, 0) is 58.0 Å². The standard InChI is InChI=1S/C44H42O24/c1-53-33-13-5-9-27(21-33)37(45)61-65-41(49)57-19-17-31(25-59-43(51)67-63-39(47)29-11-7-15-35(23-29)55-3)32(26-60-44(52)68-64-40(48)30-12-8-16-36(24-30)56-4)18-20-58-42(50)66-62-38(46)28-10-6-14-34(22-28)54-2/h5-16,21-24,31-32H,17-20,25-26H2,1-4H3. The van der Waals surface area contributed by atoms with E-state index >= 15 is 0 Å². The number of rotatable bonds is 19. The Hall–Kier alpha value is -8.96. The molecule has 68 heavy (non-hydrogen) atoms. The van der Waals surface area contributed by atoms with Gasteiger partial charge < -0.3 is 37.9 Å². The van der Waals surface area contributed by atoms with E-state index in [0.717, 1.165) is 0 Å². The lowest BCUT2D eigenvalue weighted by atomic mass is 9.88. The summed E-state index contributed by atoms with van der Waals surface area (Å²) < 4.78 is 40.6. The van der Waals surface area contributed by atoms with Gasteiger partial charge in [-0.3, -0.25) is 0 Å². The van der Waals surface area contributed by atoms with Crippen LogP contribution in [0.1, 0.15) is 54.3 Å². The zero-order valence-corrected chi connectivity index (χ0v) is 36.4. The van der Waals surface area contributed by atoms with Crippen LogP contribution < -0.4 is 18.9 Å². The van der Waals surface area contributed by atoms with Gasteiger partial charge in [0.25, 0.3) is 0 Å². The minimum absolute atomic E-state index is 0.0343. The highest BCUT2D eigenvalue weighted by Gasteiger charge is 2.29. The minimum atomic E-state index is -1.54. The van der Waals surface area contributed by atoms with Gasteiger partial charge in [0, 0.05) is 11.8 Å². The van der Waals surface area contributed by atoms with E-state index in [1.54, 1.807) is 24.3 Å². The first-order chi connectivity index (χ1) is 32.8. The molecule has 0 aliphatic heterocycles. The molecule has 0 amide bonds. The molecular weight excluding hydrogens is 912 g/mol. The fourth-order valence-electron chi connectivity index (χ4n) is 5.42.